The smallest absolute Gasteiger partial charge is 0.462 e. The van der Waals surface area contributed by atoms with Gasteiger partial charge in [0.15, 0.2) is 5.75 Å². The first kappa shape index (κ1) is 15.2. The van der Waals surface area contributed by atoms with E-state index in [1.165, 1.54) is 6.92 Å². The molecule has 0 radical (unpaired) electrons. The molecule has 0 aliphatic heterocycles. The molecule has 0 amide bonds. The Hall–Kier alpha value is -1.83. The van der Waals surface area contributed by atoms with Gasteiger partial charge in [-0.15, -0.1) is 13.2 Å². The van der Waals surface area contributed by atoms with E-state index in [4.69, 9.17) is 5.73 Å². The fourth-order valence-corrected chi connectivity index (χ4v) is 1.45. The molecule has 1 aromatic heterocycles. The highest BCUT2D eigenvalue weighted by molar-refractivity contribution is 5.93. The molecule has 5 nitrogen and oxygen atoms in total. The molecular formula is C11H13F3N2O3. The number of esters is 1. The summed E-state index contributed by atoms with van der Waals surface area (Å²) in [5, 5.41) is 0. The number of rotatable bonds is 4. The van der Waals surface area contributed by atoms with Gasteiger partial charge in [-0.3, -0.25) is 4.98 Å². The molecule has 106 valence electrons. The van der Waals surface area contributed by atoms with Crippen LogP contribution >= 0.6 is 0 Å². The van der Waals surface area contributed by atoms with Crippen LogP contribution in [0.3, 0.4) is 0 Å². The Balaban J connectivity index is 3.33. The maximum atomic E-state index is 12.3. The molecule has 1 aromatic rings. The van der Waals surface area contributed by atoms with Gasteiger partial charge in [0.25, 0.3) is 0 Å². The highest BCUT2D eigenvalue weighted by Gasteiger charge is 2.35. The van der Waals surface area contributed by atoms with E-state index in [1.54, 1.807) is 6.92 Å². The standard InChI is InChI=1S/C11H13F3N2O3/c1-3-18-10(17)7-4-6(2)16-8(5-15)9(7)19-11(12,13)14/h4H,3,5,15H2,1-2H3. The topological polar surface area (TPSA) is 74.4 Å². The Morgan fingerprint density at radius 3 is 2.58 bits per heavy atom. The molecule has 2 N–H and O–H groups in total. The summed E-state index contributed by atoms with van der Waals surface area (Å²) in [5.41, 5.74) is 5.17. The Bertz CT molecular complexity index is 475. The van der Waals surface area contributed by atoms with Crippen LogP contribution in [0, 0.1) is 6.92 Å². The maximum absolute atomic E-state index is 12.3. The highest BCUT2D eigenvalue weighted by atomic mass is 19.4. The van der Waals surface area contributed by atoms with E-state index in [0.717, 1.165) is 6.07 Å². The van der Waals surface area contributed by atoms with Crippen molar-refractivity contribution in [3.05, 3.63) is 23.0 Å². The van der Waals surface area contributed by atoms with Crippen LogP contribution in [0.1, 0.15) is 28.7 Å². The molecule has 19 heavy (non-hydrogen) atoms. The van der Waals surface area contributed by atoms with Crippen LogP contribution in [0.25, 0.3) is 0 Å². The molecule has 0 saturated carbocycles. The van der Waals surface area contributed by atoms with Crippen molar-refractivity contribution in [1.29, 1.82) is 0 Å². The van der Waals surface area contributed by atoms with E-state index in [-0.39, 0.29) is 24.4 Å². The molecule has 0 fully saturated rings. The summed E-state index contributed by atoms with van der Waals surface area (Å²) >= 11 is 0. The number of alkyl halides is 3. The number of nitrogens with two attached hydrogens (primary N) is 1. The van der Waals surface area contributed by atoms with E-state index in [2.05, 4.69) is 14.5 Å². The number of aryl methyl sites for hydroxylation is 1. The van der Waals surface area contributed by atoms with Gasteiger partial charge in [-0.1, -0.05) is 0 Å². The van der Waals surface area contributed by atoms with Crippen molar-refractivity contribution >= 4 is 5.97 Å². The van der Waals surface area contributed by atoms with Crippen molar-refractivity contribution in [2.45, 2.75) is 26.8 Å². The molecule has 0 spiro atoms. The number of pyridine rings is 1. The number of nitrogens with zero attached hydrogens (tertiary/aromatic N) is 1. The Kier molecular flexibility index (Phi) is 4.71. The molecule has 0 saturated heterocycles. The average molecular weight is 278 g/mol. The molecule has 1 heterocycles. The zero-order valence-corrected chi connectivity index (χ0v) is 10.4. The van der Waals surface area contributed by atoms with E-state index in [1.807, 2.05) is 0 Å². The maximum Gasteiger partial charge on any atom is 0.573 e. The number of carbonyl (C=O) groups excluding carboxylic acids is 1. The van der Waals surface area contributed by atoms with Crippen LogP contribution < -0.4 is 10.5 Å². The number of ether oxygens (including phenoxy) is 2. The lowest BCUT2D eigenvalue weighted by Crippen LogP contribution is -2.22. The first-order valence-corrected chi connectivity index (χ1v) is 5.42. The van der Waals surface area contributed by atoms with Crippen LogP contribution in [0.2, 0.25) is 0 Å². The number of carbonyl (C=O) groups is 1. The Morgan fingerprint density at radius 1 is 1.47 bits per heavy atom. The van der Waals surface area contributed by atoms with Crippen LogP contribution in [-0.4, -0.2) is 23.9 Å². The third kappa shape index (κ3) is 4.09. The number of aromatic nitrogens is 1. The van der Waals surface area contributed by atoms with E-state index < -0.39 is 18.1 Å². The Morgan fingerprint density at radius 2 is 2.11 bits per heavy atom. The van der Waals surface area contributed by atoms with Gasteiger partial charge >= 0.3 is 12.3 Å². The predicted molar refractivity (Wildman–Crippen MR) is 59.5 cm³/mol. The molecular weight excluding hydrogens is 265 g/mol. The zero-order chi connectivity index (χ0) is 14.6. The van der Waals surface area contributed by atoms with Gasteiger partial charge in [0.1, 0.15) is 5.56 Å². The van der Waals surface area contributed by atoms with Crippen molar-refractivity contribution in [1.82, 2.24) is 4.98 Å². The summed E-state index contributed by atoms with van der Waals surface area (Å²) in [6, 6.07) is 1.16. The first-order valence-electron chi connectivity index (χ1n) is 5.42. The van der Waals surface area contributed by atoms with Crippen molar-refractivity contribution in [3.8, 4) is 5.75 Å². The minimum atomic E-state index is -4.94. The molecule has 0 atom stereocenters. The van der Waals surface area contributed by atoms with E-state index in [9.17, 15) is 18.0 Å². The molecule has 0 aromatic carbocycles. The molecule has 0 unspecified atom stereocenters. The lowest BCUT2D eigenvalue weighted by atomic mass is 10.1. The second kappa shape index (κ2) is 5.87. The molecule has 0 aliphatic carbocycles. The minimum absolute atomic E-state index is 0.0314. The largest absolute Gasteiger partial charge is 0.573 e. The summed E-state index contributed by atoms with van der Waals surface area (Å²) in [6.45, 7) is 2.81. The van der Waals surface area contributed by atoms with E-state index >= 15 is 0 Å². The number of hydrogen-bond acceptors (Lipinski definition) is 5. The summed E-state index contributed by atoms with van der Waals surface area (Å²) in [5.74, 6) is -1.62. The fourth-order valence-electron chi connectivity index (χ4n) is 1.45. The van der Waals surface area contributed by atoms with Crippen molar-refractivity contribution in [3.63, 3.8) is 0 Å². The Labute approximate surface area is 107 Å². The monoisotopic (exact) mass is 278 g/mol. The second-order valence-corrected chi connectivity index (χ2v) is 3.56. The first-order chi connectivity index (χ1) is 8.78. The molecule has 0 bridgehead atoms. The van der Waals surface area contributed by atoms with Gasteiger partial charge in [-0.05, 0) is 19.9 Å². The fraction of sp³-hybridized carbons (Fsp3) is 0.455. The second-order valence-electron chi connectivity index (χ2n) is 3.56. The summed E-state index contributed by atoms with van der Waals surface area (Å²) in [6.07, 6.45) is -4.94. The van der Waals surface area contributed by atoms with Gasteiger partial charge in [-0.2, -0.15) is 0 Å². The van der Waals surface area contributed by atoms with Crippen molar-refractivity contribution < 1.29 is 27.4 Å². The highest BCUT2D eigenvalue weighted by Crippen LogP contribution is 2.30. The van der Waals surface area contributed by atoms with Crippen LogP contribution in [0.4, 0.5) is 13.2 Å². The molecule has 8 heteroatoms. The van der Waals surface area contributed by atoms with E-state index in [0.29, 0.717) is 5.69 Å². The third-order valence-electron chi connectivity index (χ3n) is 2.08. The van der Waals surface area contributed by atoms with Gasteiger partial charge in [0.2, 0.25) is 0 Å². The summed E-state index contributed by atoms with van der Waals surface area (Å²) in [4.78, 5) is 15.5. The zero-order valence-electron chi connectivity index (χ0n) is 10.4. The van der Waals surface area contributed by atoms with Crippen LogP contribution in [0.15, 0.2) is 6.07 Å². The summed E-state index contributed by atoms with van der Waals surface area (Å²) < 4.78 is 45.6. The lowest BCUT2D eigenvalue weighted by molar-refractivity contribution is -0.275. The third-order valence-corrected chi connectivity index (χ3v) is 2.08. The van der Waals surface area contributed by atoms with Crippen molar-refractivity contribution in [2.24, 2.45) is 5.73 Å². The van der Waals surface area contributed by atoms with Crippen LogP contribution in [0.5, 0.6) is 5.75 Å². The predicted octanol–water partition coefficient (Wildman–Crippen LogP) is 1.92. The van der Waals surface area contributed by atoms with Gasteiger partial charge < -0.3 is 15.2 Å². The molecule has 0 aliphatic rings. The van der Waals surface area contributed by atoms with Crippen LogP contribution in [-0.2, 0) is 11.3 Å². The SMILES string of the molecule is CCOC(=O)c1cc(C)nc(CN)c1OC(F)(F)F. The molecule has 1 rings (SSSR count). The minimum Gasteiger partial charge on any atom is -0.462 e. The number of hydrogen-bond donors (Lipinski definition) is 1. The van der Waals surface area contributed by atoms with Crippen molar-refractivity contribution in [2.75, 3.05) is 6.61 Å². The van der Waals surface area contributed by atoms with Gasteiger partial charge in [0.05, 0.1) is 12.3 Å². The van der Waals surface area contributed by atoms with Gasteiger partial charge in [-0.25, -0.2) is 4.79 Å². The normalized spacial score (nSPS) is 11.3. The summed E-state index contributed by atoms with van der Waals surface area (Å²) in [7, 11) is 0. The lowest BCUT2D eigenvalue weighted by Gasteiger charge is -2.16. The average Bonchev–Trinajstić information content (AvgIpc) is 2.29. The van der Waals surface area contributed by atoms with Gasteiger partial charge in [0, 0.05) is 12.2 Å². The quantitative estimate of drug-likeness (QED) is 0.852. The number of halogens is 3.